The van der Waals surface area contributed by atoms with E-state index in [9.17, 15) is 24.3 Å². The molecule has 1 aromatic carbocycles. The van der Waals surface area contributed by atoms with E-state index in [4.69, 9.17) is 14.2 Å². The third kappa shape index (κ3) is 15.8. The van der Waals surface area contributed by atoms with E-state index in [1.165, 1.54) is 0 Å². The van der Waals surface area contributed by atoms with Crippen molar-refractivity contribution >= 4 is 23.6 Å². The van der Waals surface area contributed by atoms with Gasteiger partial charge in [-0.3, -0.25) is 19.2 Å². The van der Waals surface area contributed by atoms with Crippen molar-refractivity contribution in [3.05, 3.63) is 83.1 Å². The van der Waals surface area contributed by atoms with Crippen molar-refractivity contribution in [1.29, 1.82) is 0 Å². The fourth-order valence-electron chi connectivity index (χ4n) is 9.96. The van der Waals surface area contributed by atoms with Gasteiger partial charge in [0.1, 0.15) is 22.7 Å². The minimum Gasteiger partial charge on any atom is -0.490 e. The second kappa shape index (κ2) is 24.3. The zero-order chi connectivity index (χ0) is 52.0. The van der Waals surface area contributed by atoms with E-state index in [1.54, 1.807) is 31.2 Å². The largest absolute Gasteiger partial charge is 0.490 e. The van der Waals surface area contributed by atoms with Crippen LogP contribution in [0.1, 0.15) is 149 Å². The lowest BCUT2D eigenvalue weighted by Gasteiger charge is -2.37. The number of likely N-dealkylation sites (tertiary alicyclic amines) is 2. The molecule has 7 rings (SSSR count). The maximum absolute atomic E-state index is 13.2. The molecule has 398 valence electrons. The summed E-state index contributed by atoms with van der Waals surface area (Å²) in [6, 6.07) is 9.43. The van der Waals surface area contributed by atoms with Gasteiger partial charge in [0.05, 0.1) is 55.1 Å². The maximum Gasteiger partial charge on any atom is 0.250 e. The third-order valence-corrected chi connectivity index (χ3v) is 13.4. The summed E-state index contributed by atoms with van der Waals surface area (Å²) in [5.41, 5.74) is 2.65. The van der Waals surface area contributed by atoms with Gasteiger partial charge < -0.3 is 49.6 Å². The molecule has 0 aromatic heterocycles. The topological polar surface area (TPSA) is 153 Å². The van der Waals surface area contributed by atoms with E-state index >= 15 is 0 Å². The molecule has 0 unspecified atom stereocenters. The molecular formula is C57H92N6O8. The lowest BCUT2D eigenvalue weighted by atomic mass is 9.96. The van der Waals surface area contributed by atoms with Gasteiger partial charge in [0.2, 0.25) is 11.8 Å². The molecule has 10 atom stereocenters. The number of nitrogens with zero attached hydrogens (tertiary/aromatic N) is 4. The van der Waals surface area contributed by atoms with E-state index in [0.717, 1.165) is 67.2 Å². The van der Waals surface area contributed by atoms with E-state index in [1.807, 2.05) is 88.6 Å². The fourth-order valence-corrected chi connectivity index (χ4v) is 9.96. The third-order valence-electron chi connectivity index (χ3n) is 13.4. The molecule has 6 heterocycles. The number of carbonyl (C=O) groups excluding carboxylic acids is 4. The van der Waals surface area contributed by atoms with Gasteiger partial charge in [0, 0.05) is 61.9 Å². The van der Waals surface area contributed by atoms with E-state index in [-0.39, 0.29) is 96.4 Å². The Morgan fingerprint density at radius 1 is 0.634 bits per heavy atom. The molecule has 0 saturated carbocycles. The van der Waals surface area contributed by atoms with Gasteiger partial charge in [-0.1, -0.05) is 106 Å². The first-order chi connectivity index (χ1) is 32.6. The number of nitrogens with one attached hydrogen (secondary N) is 2. The maximum atomic E-state index is 13.2. The smallest absolute Gasteiger partial charge is 0.250 e. The average molecular weight is 989 g/mol. The molecule has 0 radical (unpaired) electrons. The van der Waals surface area contributed by atoms with Crippen LogP contribution in [0.15, 0.2) is 77.5 Å². The molecule has 0 bridgehead atoms. The highest BCUT2D eigenvalue weighted by Gasteiger charge is 2.47. The summed E-state index contributed by atoms with van der Waals surface area (Å²) >= 11 is 0. The van der Waals surface area contributed by atoms with Crippen LogP contribution in [0.2, 0.25) is 0 Å². The highest BCUT2D eigenvalue weighted by molar-refractivity contribution is 5.93. The van der Waals surface area contributed by atoms with Crippen molar-refractivity contribution in [3.8, 4) is 0 Å². The Balaban J connectivity index is 0.000000283. The number of hydrogen-bond donors (Lipinski definition) is 3. The molecule has 1 aromatic rings. The first-order valence-corrected chi connectivity index (χ1v) is 25.9. The number of aliphatic hydroxyl groups is 1. The zero-order valence-corrected chi connectivity index (χ0v) is 45.4. The predicted molar refractivity (Wildman–Crippen MR) is 282 cm³/mol. The first-order valence-electron chi connectivity index (χ1n) is 25.9. The zero-order valence-electron chi connectivity index (χ0n) is 45.4. The molecule has 6 aliphatic rings. The molecule has 71 heavy (non-hydrogen) atoms. The number of hydrogen-bond acceptors (Lipinski definition) is 10. The minimum atomic E-state index is -0.665. The second-order valence-corrected chi connectivity index (χ2v) is 23.8. The predicted octanol–water partition coefficient (Wildman–Crippen LogP) is 8.47. The summed E-state index contributed by atoms with van der Waals surface area (Å²) in [7, 11) is 0. The van der Waals surface area contributed by atoms with Crippen LogP contribution in [0.25, 0.3) is 0 Å². The minimum absolute atomic E-state index is 0. The van der Waals surface area contributed by atoms with Crippen LogP contribution < -0.4 is 10.6 Å². The molecule has 6 aliphatic heterocycles. The molecule has 3 N–H and O–H groups in total. The van der Waals surface area contributed by atoms with Crippen LogP contribution in [-0.2, 0) is 40.0 Å². The van der Waals surface area contributed by atoms with E-state index in [0.29, 0.717) is 25.1 Å². The molecular weight excluding hydrogens is 897 g/mol. The molecule has 4 amide bonds. The Morgan fingerprint density at radius 3 is 1.41 bits per heavy atom. The number of ether oxygens (including phenoxy) is 3. The lowest BCUT2D eigenvalue weighted by molar-refractivity contribution is -0.130. The average Bonchev–Trinajstić information content (AvgIpc) is 4.12. The Labute approximate surface area is 427 Å². The Kier molecular flexibility index (Phi) is 20.1. The number of amides is 4. The molecule has 14 nitrogen and oxygen atoms in total. The Hall–Kier alpha value is -4.82. The van der Waals surface area contributed by atoms with Gasteiger partial charge in [-0.15, -0.1) is 0 Å². The summed E-state index contributed by atoms with van der Waals surface area (Å²) in [6.07, 6.45) is 9.35. The van der Waals surface area contributed by atoms with Crippen LogP contribution in [0.5, 0.6) is 0 Å². The lowest BCUT2D eigenvalue weighted by Crippen LogP contribution is -2.48. The van der Waals surface area contributed by atoms with Crippen molar-refractivity contribution in [2.45, 2.75) is 210 Å². The molecule has 14 heteroatoms. The van der Waals surface area contributed by atoms with Gasteiger partial charge >= 0.3 is 0 Å². The van der Waals surface area contributed by atoms with Gasteiger partial charge in [-0.05, 0) is 91.0 Å². The molecule has 2 saturated heterocycles. The number of carbonyl (C=O) groups is 4. The van der Waals surface area contributed by atoms with Crippen LogP contribution in [0.4, 0.5) is 0 Å². The standard InChI is InChI=1S/C29H41N3O4.C22H35N3O4.C5H12.CH4/c1-7-19(2)28-24(36-29(4,5)6)16-26(34)32(28)22-13-14-31(17-22)23-15-25(33)30-27(23)20(3)35-18-21-11-9-8-10-12-21;1-7-13(2)21-17(29-22(4,5)6)11-19(28)25(21)15-8-9-24(12-15)16-10-18(27)23-20(16)14(3)26;1-5(2,3)4;/h8-12,15-16,19-20,22,27-28H,7,13-14,17-18H2,1-6H3,(H,30,33);10-11,13-15,20-21,26H,7-9,12H2,1-6H3,(H,23,27);1-4H3;1H4/t19-,20+,22-,27-,28-;13-,14+,15-,20-,21-;;/m00../s1. The summed E-state index contributed by atoms with van der Waals surface area (Å²) < 4.78 is 18.6. The quantitative estimate of drug-likeness (QED) is 0.156. The summed E-state index contributed by atoms with van der Waals surface area (Å²) in [4.78, 5) is 58.8. The number of benzene rings is 1. The number of rotatable bonds is 15. The van der Waals surface area contributed by atoms with Crippen LogP contribution in [0.3, 0.4) is 0 Å². The van der Waals surface area contributed by atoms with Crippen molar-refractivity contribution < 1.29 is 38.5 Å². The fraction of sp³-hybridized carbons (Fsp3) is 0.684. The van der Waals surface area contributed by atoms with Crippen LogP contribution in [-0.4, -0.2) is 134 Å². The van der Waals surface area contributed by atoms with Crippen molar-refractivity contribution in [3.63, 3.8) is 0 Å². The monoisotopic (exact) mass is 989 g/mol. The van der Waals surface area contributed by atoms with Crippen LogP contribution in [0, 0.1) is 17.3 Å². The summed E-state index contributed by atoms with van der Waals surface area (Å²) in [6.45, 7) is 36.5. The highest BCUT2D eigenvalue weighted by Crippen LogP contribution is 2.38. The van der Waals surface area contributed by atoms with Gasteiger partial charge in [0.15, 0.2) is 0 Å². The molecule has 0 aliphatic carbocycles. The van der Waals surface area contributed by atoms with Gasteiger partial charge in [-0.2, -0.15) is 0 Å². The normalized spacial score (nSPS) is 26.2. The molecule has 2 fully saturated rings. The first kappa shape index (κ1) is 58.7. The van der Waals surface area contributed by atoms with Gasteiger partial charge in [0.25, 0.3) is 11.8 Å². The number of aliphatic hydroxyl groups excluding tert-OH is 1. The van der Waals surface area contributed by atoms with E-state index in [2.05, 4.69) is 75.8 Å². The van der Waals surface area contributed by atoms with Crippen LogP contribution >= 0.6 is 0 Å². The molecule has 0 spiro atoms. The van der Waals surface area contributed by atoms with E-state index < -0.39 is 6.10 Å². The SMILES string of the molecule is C.CC(C)(C)C.CC[C@H](C)[C@H]1C(OC(C)(C)C)=CC(=O)N1[C@H]1CCN(C2=CC(=O)N[C@H]2[C@@H](C)O)C1.CC[C@H](C)[C@H]1C(OC(C)(C)C)=CC(=O)N1[C@H]1CCN(C2=CC(=O)N[C@H]2[C@@H](C)OCc2ccccc2)C1. The van der Waals surface area contributed by atoms with Crippen molar-refractivity contribution in [2.24, 2.45) is 17.3 Å². The summed E-state index contributed by atoms with van der Waals surface area (Å²) in [5, 5.41) is 15.9. The highest BCUT2D eigenvalue weighted by atomic mass is 16.5. The van der Waals surface area contributed by atoms with Crippen molar-refractivity contribution in [2.75, 3.05) is 26.2 Å². The Morgan fingerprint density at radius 2 is 1.03 bits per heavy atom. The van der Waals surface area contributed by atoms with Gasteiger partial charge in [-0.25, -0.2) is 0 Å². The Bertz CT molecular complexity index is 2110. The van der Waals surface area contributed by atoms with Crippen molar-refractivity contribution in [1.82, 2.24) is 30.2 Å². The summed E-state index contributed by atoms with van der Waals surface area (Å²) in [5.74, 6) is 1.86. The second-order valence-electron chi connectivity index (χ2n) is 23.8.